The van der Waals surface area contributed by atoms with E-state index in [9.17, 15) is 10.1 Å². The molecule has 0 unspecified atom stereocenters. The average Bonchev–Trinajstić information content (AvgIpc) is 2.63. The molecule has 26 heavy (non-hydrogen) atoms. The zero-order valence-electron chi connectivity index (χ0n) is 14.8. The van der Waals surface area contributed by atoms with Crippen LogP contribution in [0.25, 0.3) is 0 Å². The summed E-state index contributed by atoms with van der Waals surface area (Å²) in [6.45, 7) is 2.08. The summed E-state index contributed by atoms with van der Waals surface area (Å²) in [7, 11) is 2.96. The molecule has 0 bridgehead atoms. The molecule has 0 radical (unpaired) electrons. The molecular weight excluding hydrogens is 402 g/mol. The fourth-order valence-corrected chi connectivity index (χ4v) is 2.96. The van der Waals surface area contributed by atoms with Crippen LogP contribution in [0, 0.1) is 10.1 Å². The van der Waals surface area contributed by atoms with Crippen LogP contribution in [0.15, 0.2) is 40.9 Å². The van der Waals surface area contributed by atoms with E-state index < -0.39 is 4.92 Å². The molecule has 0 saturated heterocycles. The molecule has 7 nitrogen and oxygen atoms in total. The number of nitrogens with zero attached hydrogens (tertiary/aromatic N) is 2. The number of hydrogen-bond donors (Lipinski definition) is 1. The number of halogens is 1. The number of benzene rings is 2. The largest absolute Gasteiger partial charge is 0.493 e. The normalized spacial score (nSPS) is 10.8. The molecule has 0 fully saturated rings. The van der Waals surface area contributed by atoms with Gasteiger partial charge in [-0.25, -0.2) is 0 Å². The van der Waals surface area contributed by atoms with E-state index in [-0.39, 0.29) is 5.69 Å². The van der Waals surface area contributed by atoms with E-state index in [0.717, 1.165) is 10.0 Å². The number of rotatable bonds is 9. The van der Waals surface area contributed by atoms with E-state index in [1.54, 1.807) is 6.07 Å². The minimum absolute atomic E-state index is 0.000442. The standard InChI is InChI=1S/C18H22BrN3O4/c1-25-17-9-14(16(22(23)24)10-18(17)26-2)12-21(8-7-20)11-13-3-5-15(19)6-4-13/h3-6,9-10H,7-8,11-12,20H2,1-2H3. The van der Waals surface area contributed by atoms with Crippen LogP contribution in [-0.2, 0) is 13.1 Å². The fraction of sp³-hybridized carbons (Fsp3) is 0.333. The van der Waals surface area contributed by atoms with E-state index >= 15 is 0 Å². The number of ether oxygens (including phenoxy) is 2. The molecule has 0 aliphatic rings. The number of nitro groups is 1. The molecule has 0 saturated carbocycles. The van der Waals surface area contributed by atoms with Gasteiger partial charge in [0.05, 0.1) is 25.2 Å². The second-order valence-electron chi connectivity index (χ2n) is 5.72. The van der Waals surface area contributed by atoms with Gasteiger partial charge in [0.2, 0.25) is 0 Å². The quantitative estimate of drug-likeness (QED) is 0.491. The summed E-state index contributed by atoms with van der Waals surface area (Å²) in [4.78, 5) is 13.1. The van der Waals surface area contributed by atoms with Crippen molar-refractivity contribution in [1.82, 2.24) is 4.90 Å². The van der Waals surface area contributed by atoms with Crippen LogP contribution in [0.2, 0.25) is 0 Å². The second-order valence-corrected chi connectivity index (χ2v) is 6.63. The van der Waals surface area contributed by atoms with Gasteiger partial charge in [-0.15, -0.1) is 0 Å². The van der Waals surface area contributed by atoms with Crippen molar-refractivity contribution in [3.05, 3.63) is 62.1 Å². The van der Waals surface area contributed by atoms with Gasteiger partial charge in [-0.2, -0.15) is 0 Å². The Balaban J connectivity index is 2.31. The molecule has 140 valence electrons. The Kier molecular flexibility index (Phi) is 7.38. The highest BCUT2D eigenvalue weighted by atomic mass is 79.9. The van der Waals surface area contributed by atoms with Crippen LogP contribution in [0.1, 0.15) is 11.1 Å². The van der Waals surface area contributed by atoms with Crippen molar-refractivity contribution in [2.24, 2.45) is 5.73 Å². The second kappa shape index (κ2) is 9.51. The first kappa shape index (κ1) is 20.2. The van der Waals surface area contributed by atoms with E-state index in [2.05, 4.69) is 20.8 Å². The lowest BCUT2D eigenvalue weighted by molar-refractivity contribution is -0.385. The maximum Gasteiger partial charge on any atom is 0.277 e. The zero-order valence-corrected chi connectivity index (χ0v) is 16.4. The van der Waals surface area contributed by atoms with E-state index in [1.165, 1.54) is 20.3 Å². The molecule has 0 heterocycles. The van der Waals surface area contributed by atoms with Gasteiger partial charge in [-0.1, -0.05) is 28.1 Å². The summed E-state index contributed by atoms with van der Waals surface area (Å²) >= 11 is 3.42. The number of nitro benzene ring substituents is 1. The van der Waals surface area contributed by atoms with Gasteiger partial charge in [0, 0.05) is 36.2 Å². The first-order valence-corrected chi connectivity index (χ1v) is 8.84. The molecule has 2 rings (SSSR count). The van der Waals surface area contributed by atoms with Gasteiger partial charge in [0.1, 0.15) is 0 Å². The predicted molar refractivity (Wildman–Crippen MR) is 104 cm³/mol. The molecule has 2 aromatic rings. The first-order chi connectivity index (χ1) is 12.5. The zero-order chi connectivity index (χ0) is 19.1. The Morgan fingerprint density at radius 2 is 1.73 bits per heavy atom. The van der Waals surface area contributed by atoms with E-state index in [0.29, 0.717) is 43.2 Å². The molecule has 0 aromatic heterocycles. The molecular formula is C18H22BrN3O4. The molecule has 0 aliphatic heterocycles. The van der Waals surface area contributed by atoms with Crippen molar-refractivity contribution in [3.8, 4) is 11.5 Å². The number of methoxy groups -OCH3 is 2. The van der Waals surface area contributed by atoms with Crippen LogP contribution in [0.5, 0.6) is 11.5 Å². The first-order valence-electron chi connectivity index (χ1n) is 8.04. The Morgan fingerprint density at radius 3 is 2.27 bits per heavy atom. The van der Waals surface area contributed by atoms with Gasteiger partial charge in [0.25, 0.3) is 5.69 Å². The van der Waals surface area contributed by atoms with Crippen molar-refractivity contribution in [3.63, 3.8) is 0 Å². The molecule has 8 heteroatoms. The molecule has 0 amide bonds. The smallest absolute Gasteiger partial charge is 0.277 e. The van der Waals surface area contributed by atoms with Gasteiger partial charge < -0.3 is 15.2 Å². The van der Waals surface area contributed by atoms with Crippen LogP contribution in [0.3, 0.4) is 0 Å². The topological polar surface area (TPSA) is 90.9 Å². The number of nitrogens with two attached hydrogens (primary N) is 1. The van der Waals surface area contributed by atoms with Crippen molar-refractivity contribution >= 4 is 21.6 Å². The summed E-state index contributed by atoms with van der Waals surface area (Å²) in [5, 5.41) is 11.5. The summed E-state index contributed by atoms with van der Waals surface area (Å²) in [5.41, 5.74) is 7.39. The SMILES string of the molecule is COc1cc(CN(CCN)Cc2ccc(Br)cc2)c([N+](=O)[O-])cc1OC. The van der Waals surface area contributed by atoms with Crippen molar-refractivity contribution < 1.29 is 14.4 Å². The lowest BCUT2D eigenvalue weighted by Gasteiger charge is -2.22. The summed E-state index contributed by atoms with van der Waals surface area (Å²) < 4.78 is 11.5. The monoisotopic (exact) mass is 423 g/mol. The van der Waals surface area contributed by atoms with E-state index in [4.69, 9.17) is 15.2 Å². The van der Waals surface area contributed by atoms with Gasteiger partial charge in [-0.3, -0.25) is 15.0 Å². The third-order valence-corrected chi connectivity index (χ3v) is 4.47. The maximum atomic E-state index is 11.5. The highest BCUT2D eigenvalue weighted by Crippen LogP contribution is 2.35. The Hall–Kier alpha value is -2.16. The molecule has 0 spiro atoms. The Morgan fingerprint density at radius 1 is 1.12 bits per heavy atom. The summed E-state index contributed by atoms with van der Waals surface area (Å²) in [6, 6.07) is 11.0. The van der Waals surface area contributed by atoms with Crippen LogP contribution in [-0.4, -0.2) is 37.1 Å². The molecule has 0 aliphatic carbocycles. The van der Waals surface area contributed by atoms with Gasteiger partial charge in [-0.05, 0) is 23.8 Å². The average molecular weight is 424 g/mol. The molecule has 0 atom stereocenters. The molecule has 2 N–H and O–H groups in total. The number of hydrogen-bond acceptors (Lipinski definition) is 6. The van der Waals surface area contributed by atoms with Crippen LogP contribution in [0.4, 0.5) is 5.69 Å². The highest BCUT2D eigenvalue weighted by Gasteiger charge is 2.21. The lowest BCUT2D eigenvalue weighted by atomic mass is 10.1. The maximum absolute atomic E-state index is 11.5. The minimum Gasteiger partial charge on any atom is -0.493 e. The predicted octanol–water partition coefficient (Wildman–Crippen LogP) is 3.34. The molecule has 2 aromatic carbocycles. The summed E-state index contributed by atoms with van der Waals surface area (Å²) in [5.74, 6) is 0.797. The van der Waals surface area contributed by atoms with Crippen molar-refractivity contribution in [1.29, 1.82) is 0 Å². The van der Waals surface area contributed by atoms with Crippen molar-refractivity contribution in [2.75, 3.05) is 27.3 Å². The van der Waals surface area contributed by atoms with Crippen LogP contribution >= 0.6 is 15.9 Å². The fourth-order valence-electron chi connectivity index (χ4n) is 2.69. The van der Waals surface area contributed by atoms with Crippen LogP contribution < -0.4 is 15.2 Å². The Labute approximate surface area is 161 Å². The third kappa shape index (κ3) is 5.17. The van der Waals surface area contributed by atoms with Crippen molar-refractivity contribution in [2.45, 2.75) is 13.1 Å². The minimum atomic E-state index is -0.405. The summed E-state index contributed by atoms with van der Waals surface area (Å²) in [6.07, 6.45) is 0. The van der Waals surface area contributed by atoms with Gasteiger partial charge in [0.15, 0.2) is 11.5 Å². The Bertz CT molecular complexity index is 753. The third-order valence-electron chi connectivity index (χ3n) is 3.94. The van der Waals surface area contributed by atoms with Gasteiger partial charge >= 0.3 is 0 Å². The lowest BCUT2D eigenvalue weighted by Crippen LogP contribution is -2.29. The highest BCUT2D eigenvalue weighted by molar-refractivity contribution is 9.10. The van der Waals surface area contributed by atoms with E-state index in [1.807, 2.05) is 24.3 Å².